The first-order valence-electron chi connectivity index (χ1n) is 12.1. The van der Waals surface area contributed by atoms with Crippen LogP contribution >= 0.6 is 0 Å². The summed E-state index contributed by atoms with van der Waals surface area (Å²) in [7, 11) is 0. The van der Waals surface area contributed by atoms with Gasteiger partial charge >= 0.3 is 0 Å². The van der Waals surface area contributed by atoms with Gasteiger partial charge in [-0.25, -0.2) is 15.0 Å². The van der Waals surface area contributed by atoms with Crippen molar-refractivity contribution >= 4 is 33.4 Å². The number of fused-ring (bicyclic) bond motifs is 2. The van der Waals surface area contributed by atoms with Crippen LogP contribution in [0.15, 0.2) is 47.7 Å². The van der Waals surface area contributed by atoms with E-state index in [-0.39, 0.29) is 11.6 Å². The molecule has 3 N–H and O–H groups in total. The molecule has 1 aromatic carbocycles. The van der Waals surface area contributed by atoms with Crippen molar-refractivity contribution in [2.24, 2.45) is 0 Å². The zero-order valence-electron chi connectivity index (χ0n) is 20.2. The zero-order chi connectivity index (χ0) is 24.6. The number of hydrogen-bond donors (Lipinski definition) is 3. The number of anilines is 2. The molecule has 11 nitrogen and oxygen atoms in total. The van der Waals surface area contributed by atoms with Crippen molar-refractivity contribution in [1.29, 1.82) is 0 Å². The summed E-state index contributed by atoms with van der Waals surface area (Å²) in [5, 5.41) is 8.17. The zero-order valence-corrected chi connectivity index (χ0v) is 20.2. The number of nitrogens with zero attached hydrogens (tertiary/aromatic N) is 6. The Kier molecular flexibility index (Phi) is 5.61. The molecule has 0 bridgehead atoms. The third-order valence-corrected chi connectivity index (χ3v) is 6.46. The molecule has 11 heteroatoms. The maximum absolute atomic E-state index is 13.4. The summed E-state index contributed by atoms with van der Waals surface area (Å²) in [6.45, 7) is 7.75. The standard InChI is InChI=1S/C25H27N9O2/c1-3-34-14-19-21(32-34)22(28-15(2)23-26-7-4-8-27-23)20(25(35)31-19)24-29-17-6-5-16(13-18(17)30-24)33-9-11-36-12-10-33/h4-8,13-15,28H,3,9-12H2,1-2H3,(H,29,30)(H,31,35). The highest BCUT2D eigenvalue weighted by Crippen LogP contribution is 2.33. The summed E-state index contributed by atoms with van der Waals surface area (Å²) in [5.41, 5.74) is 4.78. The van der Waals surface area contributed by atoms with E-state index < -0.39 is 0 Å². The van der Waals surface area contributed by atoms with E-state index in [1.165, 1.54) is 0 Å². The number of hydrogen-bond acceptors (Lipinski definition) is 8. The van der Waals surface area contributed by atoms with Crippen LogP contribution in [-0.2, 0) is 11.3 Å². The minimum absolute atomic E-state index is 0.255. The molecule has 1 unspecified atom stereocenters. The number of aromatic nitrogens is 7. The van der Waals surface area contributed by atoms with Gasteiger partial charge in [0.25, 0.3) is 5.56 Å². The van der Waals surface area contributed by atoms with Crippen molar-refractivity contribution in [3.05, 3.63) is 59.0 Å². The summed E-state index contributed by atoms with van der Waals surface area (Å²) in [6.07, 6.45) is 5.24. The number of H-pyrrole nitrogens is 2. The molecular formula is C25H27N9O2. The first-order valence-corrected chi connectivity index (χ1v) is 12.1. The van der Waals surface area contributed by atoms with E-state index in [0.717, 1.165) is 29.8 Å². The summed E-state index contributed by atoms with van der Waals surface area (Å²) in [5.74, 6) is 1.09. The Morgan fingerprint density at radius 2 is 1.94 bits per heavy atom. The molecule has 0 amide bonds. The molecule has 4 aromatic heterocycles. The Labute approximate surface area is 206 Å². The van der Waals surface area contributed by atoms with Crippen LogP contribution in [0.4, 0.5) is 11.4 Å². The van der Waals surface area contributed by atoms with Crippen molar-refractivity contribution in [1.82, 2.24) is 34.7 Å². The van der Waals surface area contributed by atoms with Crippen molar-refractivity contribution in [3.8, 4) is 11.4 Å². The first-order chi connectivity index (χ1) is 17.6. The van der Waals surface area contributed by atoms with Crippen LogP contribution in [0.5, 0.6) is 0 Å². The van der Waals surface area contributed by atoms with Gasteiger partial charge < -0.3 is 24.9 Å². The van der Waals surface area contributed by atoms with Gasteiger partial charge in [-0.1, -0.05) is 0 Å². The molecule has 5 aromatic rings. The minimum atomic E-state index is -0.265. The molecule has 1 aliphatic rings. The van der Waals surface area contributed by atoms with Crippen LogP contribution in [0.2, 0.25) is 0 Å². The lowest BCUT2D eigenvalue weighted by atomic mass is 10.1. The van der Waals surface area contributed by atoms with Crippen molar-refractivity contribution in [2.75, 3.05) is 36.5 Å². The molecule has 1 saturated heterocycles. The van der Waals surface area contributed by atoms with Crippen LogP contribution in [0.3, 0.4) is 0 Å². The number of pyridine rings is 1. The van der Waals surface area contributed by atoms with Gasteiger partial charge in [0.15, 0.2) is 0 Å². The van der Waals surface area contributed by atoms with Gasteiger partial charge in [-0.3, -0.25) is 9.48 Å². The fraction of sp³-hybridized carbons (Fsp3) is 0.320. The lowest BCUT2D eigenvalue weighted by Gasteiger charge is -2.28. The summed E-state index contributed by atoms with van der Waals surface area (Å²) in [4.78, 5) is 35.6. The smallest absolute Gasteiger partial charge is 0.261 e. The second-order valence-corrected chi connectivity index (χ2v) is 8.81. The molecule has 5 heterocycles. The molecule has 1 fully saturated rings. The number of imidazole rings is 1. The van der Waals surface area contributed by atoms with Crippen LogP contribution in [0.25, 0.3) is 33.5 Å². The predicted molar refractivity (Wildman–Crippen MR) is 138 cm³/mol. The largest absolute Gasteiger partial charge is 0.378 e. The summed E-state index contributed by atoms with van der Waals surface area (Å²) in [6, 6.07) is 7.62. The lowest BCUT2D eigenvalue weighted by Crippen LogP contribution is -2.36. The number of benzene rings is 1. The van der Waals surface area contributed by atoms with Crippen molar-refractivity contribution in [2.45, 2.75) is 26.4 Å². The second-order valence-electron chi connectivity index (χ2n) is 8.81. The Morgan fingerprint density at radius 1 is 1.14 bits per heavy atom. The quantitative estimate of drug-likeness (QED) is 0.335. The molecule has 1 atom stereocenters. The highest BCUT2D eigenvalue weighted by molar-refractivity contribution is 5.96. The van der Waals surface area contributed by atoms with Gasteiger partial charge in [-0.2, -0.15) is 5.10 Å². The predicted octanol–water partition coefficient (Wildman–Crippen LogP) is 3.09. The molecule has 0 saturated carbocycles. The number of nitrogens with one attached hydrogen (secondary N) is 3. The van der Waals surface area contributed by atoms with E-state index in [2.05, 4.69) is 42.3 Å². The molecule has 0 aliphatic carbocycles. The Balaban J connectivity index is 1.48. The minimum Gasteiger partial charge on any atom is -0.378 e. The second kappa shape index (κ2) is 9.08. The van der Waals surface area contributed by atoms with Gasteiger partial charge in [0.05, 0.1) is 41.5 Å². The van der Waals surface area contributed by atoms with Gasteiger partial charge in [0.2, 0.25) is 0 Å². The highest BCUT2D eigenvalue weighted by atomic mass is 16.5. The highest BCUT2D eigenvalue weighted by Gasteiger charge is 2.23. The van der Waals surface area contributed by atoms with Gasteiger partial charge in [-0.15, -0.1) is 0 Å². The third-order valence-electron chi connectivity index (χ3n) is 6.46. The normalized spacial score (nSPS) is 15.0. The molecule has 6 rings (SSSR count). The number of ether oxygens (including phenoxy) is 1. The van der Waals surface area contributed by atoms with Gasteiger partial charge in [0.1, 0.15) is 22.7 Å². The molecule has 184 valence electrons. The van der Waals surface area contributed by atoms with E-state index in [0.29, 0.717) is 53.7 Å². The van der Waals surface area contributed by atoms with Crippen LogP contribution in [0, 0.1) is 0 Å². The maximum atomic E-state index is 13.4. The summed E-state index contributed by atoms with van der Waals surface area (Å²) >= 11 is 0. The van der Waals surface area contributed by atoms with Gasteiger partial charge in [0, 0.05) is 43.9 Å². The first kappa shape index (κ1) is 22.2. The molecule has 0 radical (unpaired) electrons. The SMILES string of the molecule is CCn1cc2[nH]c(=O)c(-c3nc4ccc(N5CCOCC5)cc4[nH]3)c(NC(C)c3ncccn3)c2n1. The van der Waals surface area contributed by atoms with E-state index in [4.69, 9.17) is 14.8 Å². The fourth-order valence-corrected chi connectivity index (χ4v) is 4.59. The average Bonchev–Trinajstić information content (AvgIpc) is 3.53. The van der Waals surface area contributed by atoms with Crippen LogP contribution < -0.4 is 15.8 Å². The van der Waals surface area contributed by atoms with Crippen LogP contribution in [0.1, 0.15) is 25.7 Å². The van der Waals surface area contributed by atoms with Crippen LogP contribution in [-0.4, -0.2) is 61.0 Å². The topological polar surface area (TPSA) is 130 Å². The summed E-state index contributed by atoms with van der Waals surface area (Å²) < 4.78 is 7.28. The Bertz CT molecular complexity index is 1580. The third kappa shape index (κ3) is 3.97. The van der Waals surface area contributed by atoms with E-state index in [1.807, 2.05) is 26.1 Å². The van der Waals surface area contributed by atoms with Gasteiger partial charge in [-0.05, 0) is 38.1 Å². The number of morpholine rings is 1. The lowest BCUT2D eigenvalue weighted by molar-refractivity contribution is 0.122. The molecular weight excluding hydrogens is 458 g/mol. The number of rotatable bonds is 6. The van der Waals surface area contributed by atoms with E-state index in [9.17, 15) is 4.79 Å². The molecule has 1 aliphatic heterocycles. The maximum Gasteiger partial charge on any atom is 0.261 e. The fourth-order valence-electron chi connectivity index (χ4n) is 4.59. The van der Waals surface area contributed by atoms with Crippen molar-refractivity contribution in [3.63, 3.8) is 0 Å². The van der Waals surface area contributed by atoms with E-state index >= 15 is 0 Å². The Hall–Kier alpha value is -4.25. The monoisotopic (exact) mass is 485 g/mol. The number of aryl methyl sites for hydroxylation is 1. The molecule has 0 spiro atoms. The molecule has 36 heavy (non-hydrogen) atoms. The number of aromatic amines is 2. The average molecular weight is 486 g/mol. The van der Waals surface area contributed by atoms with E-state index in [1.54, 1.807) is 23.1 Å². The Morgan fingerprint density at radius 3 is 2.72 bits per heavy atom. The van der Waals surface area contributed by atoms with Crippen molar-refractivity contribution < 1.29 is 4.74 Å².